The van der Waals surface area contributed by atoms with Crippen LogP contribution in [0.25, 0.3) is 0 Å². The Morgan fingerprint density at radius 1 is 1.36 bits per heavy atom. The largest absolute Gasteiger partial charge is 0.351 e. The monoisotopic (exact) mass is 298 g/mol. The zero-order valence-corrected chi connectivity index (χ0v) is 13.4. The maximum Gasteiger partial charge on any atom is 0.255 e. The summed E-state index contributed by atoms with van der Waals surface area (Å²) in [6.07, 6.45) is 5.45. The number of hydrogen-bond acceptors (Lipinski definition) is 3. The summed E-state index contributed by atoms with van der Waals surface area (Å²) in [5.41, 5.74) is 4.01. The van der Waals surface area contributed by atoms with Crippen LogP contribution in [0.5, 0.6) is 0 Å². The first-order valence-corrected chi connectivity index (χ1v) is 7.76. The molecule has 5 nitrogen and oxygen atoms in total. The maximum atomic E-state index is 12.8. The van der Waals surface area contributed by atoms with Crippen molar-refractivity contribution in [3.05, 3.63) is 47.3 Å². The minimum Gasteiger partial charge on any atom is -0.351 e. The highest BCUT2D eigenvalue weighted by Crippen LogP contribution is 2.27. The Bertz CT molecular complexity index is 677. The summed E-state index contributed by atoms with van der Waals surface area (Å²) in [5, 5.41) is 0. The second-order valence-corrected chi connectivity index (χ2v) is 6.07. The fourth-order valence-corrected chi connectivity index (χ4v) is 3.19. The molecule has 3 heterocycles. The second kappa shape index (κ2) is 5.91. The van der Waals surface area contributed by atoms with Crippen LogP contribution >= 0.6 is 0 Å². The molecule has 1 atom stereocenters. The molecular formula is C17H22N4O. The third-order valence-electron chi connectivity index (χ3n) is 4.74. The predicted octanol–water partition coefficient (Wildman–Crippen LogP) is 2.45. The molecule has 0 saturated carbocycles. The van der Waals surface area contributed by atoms with Crippen LogP contribution in [-0.4, -0.2) is 38.4 Å². The van der Waals surface area contributed by atoms with Crippen molar-refractivity contribution in [1.29, 1.82) is 0 Å². The Labute approximate surface area is 131 Å². The molecule has 2 aromatic rings. The van der Waals surface area contributed by atoms with E-state index >= 15 is 0 Å². The minimum absolute atomic E-state index is 0.139. The van der Waals surface area contributed by atoms with E-state index < -0.39 is 0 Å². The summed E-state index contributed by atoms with van der Waals surface area (Å²) < 4.78 is 2.07. The summed E-state index contributed by atoms with van der Waals surface area (Å²) >= 11 is 0. The van der Waals surface area contributed by atoms with Crippen LogP contribution in [0.2, 0.25) is 0 Å². The molecule has 0 N–H and O–H groups in total. The van der Waals surface area contributed by atoms with Crippen LogP contribution < -0.4 is 0 Å². The van der Waals surface area contributed by atoms with Gasteiger partial charge < -0.3 is 9.47 Å². The Morgan fingerprint density at radius 3 is 2.82 bits per heavy atom. The number of nitrogens with zero attached hydrogens (tertiary/aromatic N) is 4. The van der Waals surface area contributed by atoms with Crippen molar-refractivity contribution in [2.24, 2.45) is 7.05 Å². The van der Waals surface area contributed by atoms with E-state index in [4.69, 9.17) is 0 Å². The van der Waals surface area contributed by atoms with E-state index in [1.165, 1.54) is 0 Å². The quantitative estimate of drug-likeness (QED) is 0.855. The number of rotatable bonds is 2. The predicted molar refractivity (Wildman–Crippen MR) is 84.8 cm³/mol. The van der Waals surface area contributed by atoms with Crippen molar-refractivity contribution >= 4 is 5.91 Å². The molecule has 5 heteroatoms. The lowest BCUT2D eigenvalue weighted by atomic mass is 9.94. The van der Waals surface area contributed by atoms with Crippen LogP contribution in [0.1, 0.15) is 46.2 Å². The highest BCUT2D eigenvalue weighted by atomic mass is 16.2. The number of aryl methyl sites for hydroxylation is 1. The molecule has 3 rings (SSSR count). The standard InChI is InChI=1S/C17H22N4O/c1-12-9-15(13(2)20(12)3)17(22)21-8-4-5-14(10-21)16-6-7-18-11-19-16/h6-7,9,11,14H,4-5,8,10H2,1-3H3/t14-/m0/s1. The molecule has 0 unspecified atom stereocenters. The summed E-state index contributed by atoms with van der Waals surface area (Å²) in [4.78, 5) is 23.1. The maximum absolute atomic E-state index is 12.8. The van der Waals surface area contributed by atoms with Gasteiger partial charge in [-0.2, -0.15) is 0 Å². The molecule has 1 fully saturated rings. The molecule has 0 radical (unpaired) electrons. The number of hydrogen-bond donors (Lipinski definition) is 0. The number of likely N-dealkylation sites (tertiary alicyclic amines) is 1. The molecule has 0 aliphatic carbocycles. The van der Waals surface area contributed by atoms with Gasteiger partial charge in [0.1, 0.15) is 6.33 Å². The molecule has 0 spiro atoms. The second-order valence-electron chi connectivity index (χ2n) is 6.07. The molecule has 22 heavy (non-hydrogen) atoms. The fraction of sp³-hybridized carbons (Fsp3) is 0.471. The fourth-order valence-electron chi connectivity index (χ4n) is 3.19. The van der Waals surface area contributed by atoms with Gasteiger partial charge in [-0.25, -0.2) is 9.97 Å². The van der Waals surface area contributed by atoms with E-state index in [-0.39, 0.29) is 5.91 Å². The van der Waals surface area contributed by atoms with Crippen LogP contribution in [0.15, 0.2) is 24.7 Å². The average Bonchev–Trinajstić information content (AvgIpc) is 2.82. The van der Waals surface area contributed by atoms with Gasteiger partial charge >= 0.3 is 0 Å². The van der Waals surface area contributed by atoms with Crippen molar-refractivity contribution < 1.29 is 4.79 Å². The number of aromatic nitrogens is 3. The van der Waals surface area contributed by atoms with E-state index in [0.717, 1.165) is 48.6 Å². The van der Waals surface area contributed by atoms with Gasteiger partial charge in [-0.3, -0.25) is 4.79 Å². The first kappa shape index (κ1) is 14.8. The van der Waals surface area contributed by atoms with E-state index in [9.17, 15) is 4.79 Å². The average molecular weight is 298 g/mol. The van der Waals surface area contributed by atoms with Crippen molar-refractivity contribution in [2.75, 3.05) is 13.1 Å². The lowest BCUT2D eigenvalue weighted by molar-refractivity contribution is 0.0705. The molecule has 1 aliphatic rings. The van der Waals surface area contributed by atoms with Gasteiger partial charge in [0.2, 0.25) is 0 Å². The van der Waals surface area contributed by atoms with Crippen LogP contribution in [0.4, 0.5) is 0 Å². The van der Waals surface area contributed by atoms with E-state index in [1.807, 2.05) is 37.9 Å². The number of carbonyl (C=O) groups excluding carboxylic acids is 1. The molecule has 116 valence electrons. The topological polar surface area (TPSA) is 51.0 Å². The summed E-state index contributed by atoms with van der Waals surface area (Å²) in [6.45, 7) is 5.60. The minimum atomic E-state index is 0.139. The third-order valence-corrected chi connectivity index (χ3v) is 4.74. The van der Waals surface area contributed by atoms with Gasteiger partial charge in [0.15, 0.2) is 0 Å². The number of carbonyl (C=O) groups is 1. The number of amides is 1. The van der Waals surface area contributed by atoms with Gasteiger partial charge in [0, 0.05) is 49.3 Å². The first-order chi connectivity index (χ1) is 10.6. The molecule has 1 aliphatic heterocycles. The van der Waals surface area contributed by atoms with Gasteiger partial charge in [0.25, 0.3) is 5.91 Å². The molecule has 0 bridgehead atoms. The Balaban J connectivity index is 1.80. The Kier molecular flexibility index (Phi) is 3.96. The van der Waals surface area contributed by atoms with Gasteiger partial charge in [-0.05, 0) is 38.8 Å². The smallest absolute Gasteiger partial charge is 0.255 e. The van der Waals surface area contributed by atoms with E-state index in [2.05, 4.69) is 14.5 Å². The normalized spacial score (nSPS) is 18.5. The van der Waals surface area contributed by atoms with Gasteiger partial charge in [0.05, 0.1) is 5.56 Å². The SMILES string of the molecule is Cc1cc(C(=O)N2CCC[C@H](c3ccncn3)C2)c(C)n1C. The molecular weight excluding hydrogens is 276 g/mol. The van der Waals surface area contributed by atoms with Crippen LogP contribution in [0.3, 0.4) is 0 Å². The van der Waals surface area contributed by atoms with Crippen LogP contribution in [0, 0.1) is 13.8 Å². The van der Waals surface area contributed by atoms with Gasteiger partial charge in [-0.1, -0.05) is 0 Å². The van der Waals surface area contributed by atoms with Crippen molar-refractivity contribution in [3.63, 3.8) is 0 Å². The molecule has 1 amide bonds. The Hall–Kier alpha value is -2.17. The van der Waals surface area contributed by atoms with E-state index in [1.54, 1.807) is 12.5 Å². The van der Waals surface area contributed by atoms with Crippen molar-refractivity contribution in [1.82, 2.24) is 19.4 Å². The summed E-state index contributed by atoms with van der Waals surface area (Å²) in [7, 11) is 2.00. The third kappa shape index (κ3) is 2.63. The summed E-state index contributed by atoms with van der Waals surface area (Å²) in [5.74, 6) is 0.450. The zero-order valence-electron chi connectivity index (χ0n) is 13.4. The summed E-state index contributed by atoms with van der Waals surface area (Å²) in [6, 6.07) is 3.95. The van der Waals surface area contributed by atoms with Crippen LogP contribution in [-0.2, 0) is 7.05 Å². The van der Waals surface area contributed by atoms with Crippen molar-refractivity contribution in [2.45, 2.75) is 32.6 Å². The lowest BCUT2D eigenvalue weighted by Gasteiger charge is -2.32. The zero-order chi connectivity index (χ0) is 15.7. The molecule has 2 aromatic heterocycles. The molecule has 0 aromatic carbocycles. The highest BCUT2D eigenvalue weighted by molar-refractivity contribution is 5.95. The lowest BCUT2D eigenvalue weighted by Crippen LogP contribution is -2.39. The first-order valence-electron chi connectivity index (χ1n) is 7.76. The van der Waals surface area contributed by atoms with Crippen molar-refractivity contribution in [3.8, 4) is 0 Å². The van der Waals surface area contributed by atoms with Gasteiger partial charge in [-0.15, -0.1) is 0 Å². The molecule has 1 saturated heterocycles. The van der Waals surface area contributed by atoms with E-state index in [0.29, 0.717) is 5.92 Å². The number of piperidine rings is 1. The highest BCUT2D eigenvalue weighted by Gasteiger charge is 2.27. The Morgan fingerprint density at radius 2 is 2.18 bits per heavy atom.